The molecule has 1 amide bonds. The topological polar surface area (TPSA) is 85.4 Å². The summed E-state index contributed by atoms with van der Waals surface area (Å²) in [5, 5.41) is 11.1. The van der Waals surface area contributed by atoms with Crippen LogP contribution in [0.4, 0.5) is 0 Å². The van der Waals surface area contributed by atoms with Gasteiger partial charge >= 0.3 is 0 Å². The molecule has 0 atom stereocenters. The summed E-state index contributed by atoms with van der Waals surface area (Å²) in [5.74, 6) is 1.36. The summed E-state index contributed by atoms with van der Waals surface area (Å²) < 4.78 is 12.7. The van der Waals surface area contributed by atoms with Crippen molar-refractivity contribution in [3.63, 3.8) is 0 Å². The van der Waals surface area contributed by atoms with Gasteiger partial charge < -0.3 is 14.5 Å². The number of hydrogen-bond donors (Lipinski definition) is 1. The van der Waals surface area contributed by atoms with E-state index in [0.717, 1.165) is 49.9 Å². The molecule has 0 radical (unpaired) electrons. The first-order chi connectivity index (χ1) is 14.2. The maximum Gasteiger partial charge on any atom is 0.242 e. The van der Waals surface area contributed by atoms with Crippen LogP contribution in [0.5, 0.6) is 0 Å². The van der Waals surface area contributed by atoms with Gasteiger partial charge in [0.15, 0.2) is 0 Å². The predicted octanol–water partition coefficient (Wildman–Crippen LogP) is 2.00. The third-order valence-electron chi connectivity index (χ3n) is 4.84. The number of benzene rings is 1. The van der Waals surface area contributed by atoms with Crippen LogP contribution in [0.2, 0.25) is 0 Å². The number of aromatic nitrogens is 3. The highest BCUT2D eigenvalue weighted by molar-refractivity contribution is 5.75. The van der Waals surface area contributed by atoms with Gasteiger partial charge in [0, 0.05) is 25.2 Å². The van der Waals surface area contributed by atoms with Gasteiger partial charge in [-0.3, -0.25) is 9.69 Å². The molecule has 1 aromatic carbocycles. The summed E-state index contributed by atoms with van der Waals surface area (Å²) in [5.41, 5.74) is 3.08. The van der Waals surface area contributed by atoms with Crippen LogP contribution in [-0.2, 0) is 29.2 Å². The molecule has 0 saturated carbocycles. The van der Waals surface area contributed by atoms with Gasteiger partial charge in [0.05, 0.1) is 31.6 Å². The summed E-state index contributed by atoms with van der Waals surface area (Å²) in [6.07, 6.45) is 1.82. The average molecular weight is 395 g/mol. The zero-order valence-electron chi connectivity index (χ0n) is 16.5. The van der Waals surface area contributed by atoms with Crippen molar-refractivity contribution in [1.82, 2.24) is 25.2 Å². The molecule has 152 valence electrons. The number of nitrogens with zero attached hydrogens (tertiary/aromatic N) is 4. The first-order valence-corrected chi connectivity index (χ1v) is 9.77. The highest BCUT2D eigenvalue weighted by atomic mass is 16.5. The van der Waals surface area contributed by atoms with Gasteiger partial charge in [-0.15, -0.1) is 5.10 Å². The third kappa shape index (κ3) is 5.30. The maximum absolute atomic E-state index is 12.2. The lowest BCUT2D eigenvalue weighted by Crippen LogP contribution is -2.35. The molecule has 2 aromatic heterocycles. The van der Waals surface area contributed by atoms with Crippen LogP contribution in [-0.4, -0.2) is 52.1 Å². The van der Waals surface area contributed by atoms with Gasteiger partial charge in [0.2, 0.25) is 5.91 Å². The number of nitrogens with one attached hydrogen (secondary N) is 1. The lowest BCUT2D eigenvalue weighted by atomic mass is 10.1. The molecule has 1 aliphatic rings. The first kappa shape index (κ1) is 19.4. The van der Waals surface area contributed by atoms with E-state index < -0.39 is 0 Å². The molecule has 0 aliphatic carbocycles. The van der Waals surface area contributed by atoms with Crippen molar-refractivity contribution >= 4 is 5.91 Å². The van der Waals surface area contributed by atoms with E-state index in [-0.39, 0.29) is 12.5 Å². The number of carbonyl (C=O) groups is 1. The van der Waals surface area contributed by atoms with E-state index >= 15 is 0 Å². The van der Waals surface area contributed by atoms with Gasteiger partial charge in [-0.1, -0.05) is 35.0 Å². The Kier molecular flexibility index (Phi) is 6.02. The summed E-state index contributed by atoms with van der Waals surface area (Å²) in [7, 11) is 0. The smallest absolute Gasteiger partial charge is 0.242 e. The minimum absolute atomic E-state index is 0.127. The molecule has 1 aliphatic heterocycles. The second kappa shape index (κ2) is 9.02. The molecule has 0 spiro atoms. The lowest BCUT2D eigenvalue weighted by molar-refractivity contribution is -0.122. The molecule has 29 heavy (non-hydrogen) atoms. The van der Waals surface area contributed by atoms with E-state index in [9.17, 15) is 4.79 Å². The second-order valence-corrected chi connectivity index (χ2v) is 7.20. The Hall–Kier alpha value is -2.97. The molecule has 0 unspecified atom stereocenters. The van der Waals surface area contributed by atoms with Crippen LogP contribution in [0, 0.1) is 6.92 Å². The van der Waals surface area contributed by atoms with Crippen LogP contribution in [0.25, 0.3) is 11.3 Å². The van der Waals surface area contributed by atoms with Crippen LogP contribution in [0.3, 0.4) is 0 Å². The van der Waals surface area contributed by atoms with Crippen LogP contribution >= 0.6 is 0 Å². The van der Waals surface area contributed by atoms with Crippen molar-refractivity contribution in [2.75, 3.05) is 26.3 Å². The molecule has 3 aromatic rings. The molecule has 1 fully saturated rings. The molecule has 4 rings (SSSR count). The number of amides is 1. The normalized spacial score (nSPS) is 14.8. The van der Waals surface area contributed by atoms with Crippen molar-refractivity contribution in [1.29, 1.82) is 0 Å². The number of morpholine rings is 1. The number of hydrogen-bond acceptors (Lipinski definition) is 6. The molecule has 3 heterocycles. The van der Waals surface area contributed by atoms with Crippen molar-refractivity contribution in [2.45, 2.75) is 26.6 Å². The van der Waals surface area contributed by atoms with Gasteiger partial charge in [-0.05, 0) is 19.1 Å². The van der Waals surface area contributed by atoms with Gasteiger partial charge in [0.1, 0.15) is 18.1 Å². The summed E-state index contributed by atoms with van der Waals surface area (Å²) >= 11 is 0. The largest absolute Gasteiger partial charge is 0.459 e. The fourth-order valence-corrected chi connectivity index (χ4v) is 3.21. The van der Waals surface area contributed by atoms with Gasteiger partial charge in [0.25, 0.3) is 0 Å². The zero-order chi connectivity index (χ0) is 20.1. The maximum atomic E-state index is 12.2. The van der Waals surface area contributed by atoms with E-state index in [0.29, 0.717) is 12.3 Å². The Morgan fingerprint density at radius 2 is 1.93 bits per heavy atom. The van der Waals surface area contributed by atoms with Crippen molar-refractivity contribution in [2.24, 2.45) is 0 Å². The van der Waals surface area contributed by atoms with Gasteiger partial charge in [-0.25, -0.2) is 4.68 Å². The number of rotatable bonds is 7. The summed E-state index contributed by atoms with van der Waals surface area (Å²) in [6, 6.07) is 11.9. The third-order valence-corrected chi connectivity index (χ3v) is 4.84. The van der Waals surface area contributed by atoms with Crippen LogP contribution in [0.15, 0.2) is 47.0 Å². The Morgan fingerprint density at radius 1 is 1.14 bits per heavy atom. The van der Waals surface area contributed by atoms with E-state index in [2.05, 4.69) is 20.5 Å². The highest BCUT2D eigenvalue weighted by Gasteiger charge is 2.13. The Bertz CT molecular complexity index is 941. The molecule has 1 saturated heterocycles. The first-order valence-electron chi connectivity index (χ1n) is 9.77. The molecule has 1 N–H and O–H groups in total. The number of aryl methyl sites for hydroxylation is 1. The number of carbonyl (C=O) groups excluding carboxylic acids is 1. The predicted molar refractivity (Wildman–Crippen MR) is 107 cm³/mol. The molecule has 0 bridgehead atoms. The van der Waals surface area contributed by atoms with Crippen molar-refractivity contribution in [3.05, 3.63) is 59.6 Å². The SMILES string of the molecule is Cc1ccc(-c2ccc(CNC(=O)Cn3cc(CN4CCOCC4)nn3)o2)cc1. The van der Waals surface area contributed by atoms with Crippen molar-refractivity contribution < 1.29 is 13.9 Å². The Balaban J connectivity index is 1.25. The monoisotopic (exact) mass is 395 g/mol. The lowest BCUT2D eigenvalue weighted by Gasteiger charge is -2.25. The van der Waals surface area contributed by atoms with E-state index in [4.69, 9.17) is 9.15 Å². The van der Waals surface area contributed by atoms with E-state index in [1.54, 1.807) is 4.68 Å². The van der Waals surface area contributed by atoms with E-state index in [1.165, 1.54) is 5.56 Å². The summed E-state index contributed by atoms with van der Waals surface area (Å²) in [4.78, 5) is 14.5. The van der Waals surface area contributed by atoms with Crippen LogP contribution < -0.4 is 5.32 Å². The Morgan fingerprint density at radius 3 is 2.72 bits per heavy atom. The number of ether oxygens (including phenoxy) is 1. The fraction of sp³-hybridized carbons (Fsp3) is 0.381. The molecular formula is C21H25N5O3. The molecule has 8 heteroatoms. The average Bonchev–Trinajstić information content (AvgIpc) is 3.37. The minimum Gasteiger partial charge on any atom is -0.459 e. The molecule has 8 nitrogen and oxygen atoms in total. The highest BCUT2D eigenvalue weighted by Crippen LogP contribution is 2.22. The summed E-state index contributed by atoms with van der Waals surface area (Å²) in [6.45, 7) is 6.50. The second-order valence-electron chi connectivity index (χ2n) is 7.20. The van der Waals surface area contributed by atoms with Crippen molar-refractivity contribution in [3.8, 4) is 11.3 Å². The van der Waals surface area contributed by atoms with E-state index in [1.807, 2.05) is 49.5 Å². The standard InChI is InChI=1S/C21H25N5O3/c1-16-2-4-17(5-3-16)20-7-6-19(29-20)12-22-21(27)15-26-14-18(23-24-26)13-25-8-10-28-11-9-25/h2-7,14H,8-13,15H2,1H3,(H,22,27). The fourth-order valence-electron chi connectivity index (χ4n) is 3.21. The quantitative estimate of drug-likeness (QED) is 0.659. The zero-order valence-corrected chi connectivity index (χ0v) is 16.5. The van der Waals surface area contributed by atoms with Crippen LogP contribution in [0.1, 0.15) is 17.0 Å². The van der Waals surface area contributed by atoms with Gasteiger partial charge in [-0.2, -0.15) is 0 Å². The Labute approximate surface area is 169 Å². The number of furan rings is 1. The minimum atomic E-state index is -0.138. The molecular weight excluding hydrogens is 370 g/mol.